The highest BCUT2D eigenvalue weighted by Crippen LogP contribution is 2.24. The summed E-state index contributed by atoms with van der Waals surface area (Å²) in [5, 5.41) is 4.70. The molecule has 0 radical (unpaired) electrons. The monoisotopic (exact) mass is 423 g/mol. The zero-order valence-electron chi connectivity index (χ0n) is 17.8. The number of benzene rings is 4. The number of hydrogen-bond acceptors (Lipinski definition) is 1. The molecule has 0 atom stereocenters. The summed E-state index contributed by atoms with van der Waals surface area (Å²) in [4.78, 5) is 4.75. The molecule has 0 saturated heterocycles. The first-order valence-corrected chi connectivity index (χ1v) is 13.2. The average molecular weight is 424 g/mol. The van der Waals surface area contributed by atoms with E-state index in [0.717, 1.165) is 22.0 Å². The molecule has 0 spiro atoms. The fraction of sp³-hybridized carbons (Fsp3) is 0.0333. The number of fused-ring (bicyclic) bond motifs is 3. The molecule has 0 aliphatic rings. The lowest BCUT2D eigenvalue weighted by Gasteiger charge is -2.18. The molecule has 5 aromatic rings. The minimum absolute atomic E-state index is 1.01. The summed E-state index contributed by atoms with van der Waals surface area (Å²) in [6.45, 7) is 2.25. The van der Waals surface area contributed by atoms with Crippen LogP contribution in [0.3, 0.4) is 0 Å². The van der Waals surface area contributed by atoms with Crippen molar-refractivity contribution in [2.24, 2.45) is 0 Å². The predicted molar refractivity (Wildman–Crippen MR) is 137 cm³/mol. The van der Waals surface area contributed by atoms with E-state index in [2.05, 4.69) is 65.9 Å². The van der Waals surface area contributed by atoms with Gasteiger partial charge in [0.15, 0.2) is 0 Å². The van der Waals surface area contributed by atoms with Crippen LogP contribution >= 0.6 is 0 Å². The van der Waals surface area contributed by atoms with Crippen LogP contribution in [0.15, 0.2) is 109 Å². The standard InChI is InChI=1S/C30H21NSi/c1-32(22-19-24-10-4-2-5-11-24,23-20-25-12-6-3-7-13-25)28-16-8-14-26-17-18-27-15-9-21-31-30(27)29(26)28/h2-18,21H,1H3. The molecule has 0 aliphatic heterocycles. The second-order valence-corrected chi connectivity index (χ2v) is 11.2. The Morgan fingerprint density at radius 1 is 0.594 bits per heavy atom. The van der Waals surface area contributed by atoms with Crippen LogP contribution in [0.25, 0.3) is 21.7 Å². The molecule has 1 aromatic heterocycles. The average Bonchev–Trinajstić information content (AvgIpc) is 2.87. The number of rotatable bonds is 1. The van der Waals surface area contributed by atoms with Gasteiger partial charge in [-0.05, 0) is 47.5 Å². The summed E-state index contributed by atoms with van der Waals surface area (Å²) in [6.07, 6.45) is 1.86. The third-order valence-electron chi connectivity index (χ3n) is 5.61. The van der Waals surface area contributed by atoms with Crippen molar-refractivity contribution in [3.63, 3.8) is 0 Å². The molecule has 2 heteroatoms. The minimum Gasteiger partial charge on any atom is -0.256 e. The smallest absolute Gasteiger partial charge is 0.244 e. The van der Waals surface area contributed by atoms with Gasteiger partial charge in [-0.1, -0.05) is 84.6 Å². The van der Waals surface area contributed by atoms with Gasteiger partial charge < -0.3 is 0 Å². The van der Waals surface area contributed by atoms with Crippen LogP contribution in [0.2, 0.25) is 6.55 Å². The van der Waals surface area contributed by atoms with Gasteiger partial charge in [-0.25, -0.2) is 0 Å². The first-order chi connectivity index (χ1) is 15.7. The van der Waals surface area contributed by atoms with Crippen LogP contribution in [0, 0.1) is 22.9 Å². The third-order valence-corrected chi connectivity index (χ3v) is 8.36. The van der Waals surface area contributed by atoms with E-state index in [-0.39, 0.29) is 0 Å². The molecule has 0 aliphatic carbocycles. The summed E-state index contributed by atoms with van der Waals surface area (Å²) in [5.74, 6) is 6.84. The first-order valence-electron chi connectivity index (χ1n) is 10.7. The Balaban J connectivity index is 1.78. The Morgan fingerprint density at radius 2 is 1.19 bits per heavy atom. The van der Waals surface area contributed by atoms with Crippen LogP contribution in [-0.2, 0) is 0 Å². The van der Waals surface area contributed by atoms with Crippen molar-refractivity contribution in [1.82, 2.24) is 4.98 Å². The van der Waals surface area contributed by atoms with Gasteiger partial charge in [0.05, 0.1) is 5.52 Å². The van der Waals surface area contributed by atoms with Crippen molar-refractivity contribution in [2.75, 3.05) is 0 Å². The van der Waals surface area contributed by atoms with Crippen molar-refractivity contribution in [3.05, 3.63) is 120 Å². The van der Waals surface area contributed by atoms with Crippen LogP contribution in [0.1, 0.15) is 11.1 Å². The van der Waals surface area contributed by atoms with Crippen LogP contribution in [0.4, 0.5) is 0 Å². The number of pyridine rings is 1. The molecule has 0 bridgehead atoms. The Kier molecular flexibility index (Phi) is 5.30. The third kappa shape index (κ3) is 3.93. The molecule has 150 valence electrons. The lowest BCUT2D eigenvalue weighted by atomic mass is 10.1. The van der Waals surface area contributed by atoms with Crippen LogP contribution < -0.4 is 5.19 Å². The normalized spacial score (nSPS) is 10.8. The molecule has 1 nitrogen and oxygen atoms in total. The van der Waals surface area contributed by atoms with Crippen LogP contribution in [-0.4, -0.2) is 13.1 Å². The molecule has 1 heterocycles. The van der Waals surface area contributed by atoms with E-state index in [1.54, 1.807) is 0 Å². The van der Waals surface area contributed by atoms with Gasteiger partial charge in [-0.3, -0.25) is 4.98 Å². The molecular formula is C30H21NSi. The quantitative estimate of drug-likeness (QED) is 0.187. The molecule has 0 fully saturated rings. The van der Waals surface area contributed by atoms with Gasteiger partial charge in [0.2, 0.25) is 8.07 Å². The maximum Gasteiger partial charge on any atom is 0.244 e. The fourth-order valence-electron chi connectivity index (χ4n) is 3.93. The van der Waals surface area contributed by atoms with Crippen molar-refractivity contribution in [1.29, 1.82) is 0 Å². The molecule has 4 aromatic carbocycles. The number of nitrogens with zero attached hydrogens (tertiary/aromatic N) is 1. The van der Waals surface area contributed by atoms with E-state index in [4.69, 9.17) is 4.98 Å². The Bertz CT molecular complexity index is 1470. The van der Waals surface area contributed by atoms with Crippen molar-refractivity contribution in [2.45, 2.75) is 6.55 Å². The molecular weight excluding hydrogens is 402 g/mol. The maximum atomic E-state index is 4.75. The van der Waals surface area contributed by atoms with E-state index in [1.165, 1.54) is 16.0 Å². The van der Waals surface area contributed by atoms with Gasteiger partial charge in [0.1, 0.15) is 0 Å². The van der Waals surface area contributed by atoms with Crippen molar-refractivity contribution >= 4 is 34.9 Å². The topological polar surface area (TPSA) is 12.9 Å². The summed E-state index contributed by atoms with van der Waals surface area (Å²) in [6, 6.07) is 35.2. The summed E-state index contributed by atoms with van der Waals surface area (Å²) in [5.41, 5.74) is 10.3. The van der Waals surface area contributed by atoms with Gasteiger partial charge in [0.25, 0.3) is 0 Å². The van der Waals surface area contributed by atoms with E-state index < -0.39 is 8.07 Å². The second-order valence-electron chi connectivity index (χ2n) is 7.90. The van der Waals surface area contributed by atoms with E-state index in [1.807, 2.05) is 72.9 Å². The highest BCUT2D eigenvalue weighted by Gasteiger charge is 2.29. The second kappa shape index (κ2) is 8.56. The van der Waals surface area contributed by atoms with E-state index >= 15 is 0 Å². The molecule has 0 N–H and O–H groups in total. The zero-order chi connectivity index (χ0) is 21.8. The Morgan fingerprint density at radius 3 is 1.84 bits per heavy atom. The number of aromatic nitrogens is 1. The minimum atomic E-state index is -2.53. The SMILES string of the molecule is C[Si](C#Cc1ccccc1)(C#Cc1ccccc1)c1cccc2ccc3cccnc3c12. The number of hydrogen-bond donors (Lipinski definition) is 0. The summed E-state index contributed by atoms with van der Waals surface area (Å²) < 4.78 is 0. The Labute approximate surface area is 189 Å². The zero-order valence-corrected chi connectivity index (χ0v) is 18.8. The fourth-order valence-corrected chi connectivity index (χ4v) is 6.25. The molecule has 32 heavy (non-hydrogen) atoms. The maximum absolute atomic E-state index is 4.75. The predicted octanol–water partition coefficient (Wildman–Crippen LogP) is 5.86. The summed E-state index contributed by atoms with van der Waals surface area (Å²) in [7, 11) is -2.53. The molecule has 5 rings (SSSR count). The van der Waals surface area contributed by atoms with Crippen molar-refractivity contribution in [3.8, 4) is 22.9 Å². The molecule has 0 amide bonds. The van der Waals surface area contributed by atoms with Gasteiger partial charge in [-0.15, -0.1) is 11.1 Å². The van der Waals surface area contributed by atoms with Crippen molar-refractivity contribution < 1.29 is 0 Å². The highest BCUT2D eigenvalue weighted by atomic mass is 28.3. The van der Waals surface area contributed by atoms with E-state index in [9.17, 15) is 0 Å². The summed E-state index contributed by atoms with van der Waals surface area (Å²) >= 11 is 0. The lowest BCUT2D eigenvalue weighted by molar-refractivity contribution is 1.43. The largest absolute Gasteiger partial charge is 0.256 e. The van der Waals surface area contributed by atoms with Gasteiger partial charge in [-0.2, -0.15) is 0 Å². The van der Waals surface area contributed by atoms with E-state index in [0.29, 0.717) is 0 Å². The Hall–Kier alpha value is -4.11. The molecule has 0 unspecified atom stereocenters. The van der Waals surface area contributed by atoms with Gasteiger partial charge >= 0.3 is 0 Å². The first kappa shape index (κ1) is 19.8. The lowest BCUT2D eigenvalue weighted by Crippen LogP contribution is -2.43. The van der Waals surface area contributed by atoms with Gasteiger partial charge in [0, 0.05) is 28.1 Å². The van der Waals surface area contributed by atoms with Crippen LogP contribution in [0.5, 0.6) is 0 Å². The molecule has 0 saturated carbocycles. The highest BCUT2D eigenvalue weighted by molar-refractivity contribution is 7.05.